The fourth-order valence-corrected chi connectivity index (χ4v) is 1.80. The topological polar surface area (TPSA) is 67.4 Å². The van der Waals surface area contributed by atoms with E-state index in [4.69, 9.17) is 4.74 Å². The van der Waals surface area contributed by atoms with Gasteiger partial charge in [-0.3, -0.25) is 4.79 Å². The minimum Gasteiger partial charge on any atom is -0.444 e. The van der Waals surface area contributed by atoms with Crippen molar-refractivity contribution in [3.63, 3.8) is 0 Å². The minimum atomic E-state index is -0.773. The Morgan fingerprint density at radius 3 is 2.23 bits per heavy atom. The van der Waals surface area contributed by atoms with Gasteiger partial charge in [-0.1, -0.05) is 37.3 Å². The van der Waals surface area contributed by atoms with Crippen LogP contribution < -0.4 is 10.6 Å². The molecule has 1 aromatic carbocycles. The van der Waals surface area contributed by atoms with Crippen LogP contribution in [0.2, 0.25) is 0 Å². The van der Waals surface area contributed by atoms with Crippen LogP contribution in [0.5, 0.6) is 0 Å². The molecular formula is C17H26N2O3. The number of ether oxygens (including phenoxy) is 1. The third kappa shape index (κ3) is 6.16. The summed E-state index contributed by atoms with van der Waals surface area (Å²) in [6, 6.07) is 8.40. The summed E-state index contributed by atoms with van der Waals surface area (Å²) in [5, 5.41) is 5.53. The molecule has 5 heteroatoms. The highest BCUT2D eigenvalue weighted by atomic mass is 16.6. The Balaban J connectivity index is 2.88. The third-order valence-corrected chi connectivity index (χ3v) is 3.06. The molecule has 0 fully saturated rings. The second-order valence-electron chi connectivity index (χ2n) is 6.31. The van der Waals surface area contributed by atoms with Gasteiger partial charge in [0.15, 0.2) is 0 Å². The van der Waals surface area contributed by atoms with Crippen LogP contribution in [0.25, 0.3) is 0 Å². The van der Waals surface area contributed by atoms with Gasteiger partial charge in [0.25, 0.3) is 0 Å². The van der Waals surface area contributed by atoms with Crippen molar-refractivity contribution in [1.29, 1.82) is 0 Å². The van der Waals surface area contributed by atoms with E-state index in [1.54, 1.807) is 32.9 Å². The smallest absolute Gasteiger partial charge is 0.408 e. The number of alkyl carbamates (subject to hydrolysis) is 1. The van der Waals surface area contributed by atoms with Crippen molar-refractivity contribution in [2.75, 3.05) is 0 Å². The zero-order valence-corrected chi connectivity index (χ0v) is 14.0. The molecule has 2 atom stereocenters. The van der Waals surface area contributed by atoms with E-state index in [1.807, 2.05) is 32.0 Å². The first-order valence-electron chi connectivity index (χ1n) is 7.57. The summed E-state index contributed by atoms with van der Waals surface area (Å²) in [5.41, 5.74) is 0.104. The average molecular weight is 306 g/mol. The Hall–Kier alpha value is -2.04. The molecule has 0 aromatic heterocycles. The Morgan fingerprint density at radius 1 is 1.14 bits per heavy atom. The second kappa shape index (κ2) is 7.82. The Morgan fingerprint density at radius 2 is 1.73 bits per heavy atom. The molecular weight excluding hydrogens is 280 g/mol. The lowest BCUT2D eigenvalue weighted by atomic mass is 10.1. The first-order chi connectivity index (χ1) is 10.2. The molecule has 0 spiro atoms. The van der Waals surface area contributed by atoms with Crippen LogP contribution in [-0.4, -0.2) is 23.6 Å². The predicted molar refractivity (Wildman–Crippen MR) is 86.4 cm³/mol. The maximum Gasteiger partial charge on any atom is 0.408 e. The second-order valence-corrected chi connectivity index (χ2v) is 6.31. The molecule has 0 aliphatic rings. The average Bonchev–Trinajstić information content (AvgIpc) is 2.43. The van der Waals surface area contributed by atoms with Crippen molar-refractivity contribution < 1.29 is 14.3 Å². The lowest BCUT2D eigenvalue weighted by Gasteiger charge is -2.24. The largest absolute Gasteiger partial charge is 0.444 e. The van der Waals surface area contributed by atoms with Crippen LogP contribution in [0.3, 0.4) is 0 Å². The van der Waals surface area contributed by atoms with Crippen molar-refractivity contribution in [3.05, 3.63) is 35.9 Å². The van der Waals surface area contributed by atoms with Gasteiger partial charge in [0, 0.05) is 6.04 Å². The minimum absolute atomic E-state index is 0.0409. The van der Waals surface area contributed by atoms with Crippen molar-refractivity contribution in [2.24, 2.45) is 0 Å². The van der Waals surface area contributed by atoms with Gasteiger partial charge in [-0.15, -0.1) is 0 Å². The number of carbonyl (C=O) groups excluding carboxylic acids is 2. The number of benzene rings is 1. The summed E-state index contributed by atoms with van der Waals surface area (Å²) in [6.07, 6.45) is 0.209. The molecule has 2 amide bonds. The summed E-state index contributed by atoms with van der Waals surface area (Å²) >= 11 is 0. The molecule has 1 aromatic rings. The van der Waals surface area contributed by atoms with E-state index in [1.165, 1.54) is 0 Å². The van der Waals surface area contributed by atoms with Gasteiger partial charge in [-0.25, -0.2) is 4.79 Å². The van der Waals surface area contributed by atoms with Gasteiger partial charge in [0.05, 0.1) is 0 Å². The number of amides is 2. The number of nitrogens with one attached hydrogen (secondary N) is 2. The highest BCUT2D eigenvalue weighted by Crippen LogP contribution is 2.15. The molecule has 5 nitrogen and oxygen atoms in total. The normalized spacial score (nSPS) is 13.9. The van der Waals surface area contributed by atoms with Gasteiger partial charge in [0.2, 0.25) is 5.91 Å². The van der Waals surface area contributed by atoms with Crippen LogP contribution in [0.1, 0.15) is 52.6 Å². The first-order valence-corrected chi connectivity index (χ1v) is 7.57. The Kier molecular flexibility index (Phi) is 6.40. The van der Waals surface area contributed by atoms with Crippen molar-refractivity contribution in [1.82, 2.24) is 10.6 Å². The van der Waals surface area contributed by atoms with E-state index in [0.717, 1.165) is 6.42 Å². The molecule has 22 heavy (non-hydrogen) atoms. The van der Waals surface area contributed by atoms with E-state index >= 15 is 0 Å². The number of carbonyl (C=O) groups is 2. The summed E-state index contributed by atoms with van der Waals surface area (Å²) < 4.78 is 5.24. The summed E-state index contributed by atoms with van der Waals surface area (Å²) in [4.78, 5) is 24.4. The van der Waals surface area contributed by atoms with Crippen LogP contribution >= 0.6 is 0 Å². The molecule has 0 heterocycles. The zero-order chi connectivity index (χ0) is 16.8. The van der Waals surface area contributed by atoms with E-state index in [0.29, 0.717) is 5.56 Å². The van der Waals surface area contributed by atoms with Crippen LogP contribution in [-0.2, 0) is 9.53 Å². The molecule has 0 saturated carbocycles. The summed E-state index contributed by atoms with van der Waals surface area (Å²) in [6.45, 7) is 9.26. The number of rotatable bonds is 5. The molecule has 2 N–H and O–H groups in total. The van der Waals surface area contributed by atoms with Crippen LogP contribution in [0.15, 0.2) is 30.3 Å². The first kappa shape index (κ1) is 18.0. The maximum atomic E-state index is 12.4. The highest BCUT2D eigenvalue weighted by molar-refractivity contribution is 5.87. The van der Waals surface area contributed by atoms with Gasteiger partial charge in [-0.05, 0) is 39.7 Å². The maximum absolute atomic E-state index is 12.4. The van der Waals surface area contributed by atoms with E-state index in [2.05, 4.69) is 10.6 Å². The van der Waals surface area contributed by atoms with Gasteiger partial charge in [0.1, 0.15) is 11.6 Å². The SMILES string of the molecule is CCC(C)NC(=O)C(NC(=O)OC(C)(C)C)c1ccccc1. The zero-order valence-electron chi connectivity index (χ0n) is 14.0. The monoisotopic (exact) mass is 306 g/mol. The van der Waals surface area contributed by atoms with Gasteiger partial charge in [-0.2, -0.15) is 0 Å². The highest BCUT2D eigenvalue weighted by Gasteiger charge is 2.26. The Bertz CT molecular complexity index is 494. The van der Waals surface area contributed by atoms with Crippen molar-refractivity contribution in [3.8, 4) is 0 Å². The summed E-state index contributed by atoms with van der Waals surface area (Å²) in [7, 11) is 0. The molecule has 0 radical (unpaired) electrons. The van der Waals surface area contributed by atoms with E-state index in [9.17, 15) is 9.59 Å². The Labute approximate surface area is 132 Å². The third-order valence-electron chi connectivity index (χ3n) is 3.06. The number of hydrogen-bond donors (Lipinski definition) is 2. The molecule has 122 valence electrons. The summed E-state index contributed by atoms with van der Waals surface area (Å²) in [5.74, 6) is -0.244. The quantitative estimate of drug-likeness (QED) is 0.878. The molecule has 0 saturated heterocycles. The molecule has 1 rings (SSSR count). The van der Waals surface area contributed by atoms with Crippen molar-refractivity contribution in [2.45, 2.75) is 58.7 Å². The predicted octanol–water partition coefficient (Wildman–Crippen LogP) is 3.17. The molecule has 0 aliphatic carbocycles. The van der Waals surface area contributed by atoms with Crippen molar-refractivity contribution >= 4 is 12.0 Å². The lowest BCUT2D eigenvalue weighted by molar-refractivity contribution is -0.124. The standard InChI is InChI=1S/C17H26N2O3/c1-6-12(2)18-15(20)14(13-10-8-7-9-11-13)19-16(21)22-17(3,4)5/h7-12,14H,6H2,1-5H3,(H,18,20)(H,19,21). The van der Waals surface area contributed by atoms with Gasteiger partial charge < -0.3 is 15.4 Å². The van der Waals surface area contributed by atoms with E-state index < -0.39 is 17.7 Å². The van der Waals surface area contributed by atoms with Gasteiger partial charge >= 0.3 is 6.09 Å². The van der Waals surface area contributed by atoms with Crippen LogP contribution in [0.4, 0.5) is 4.79 Å². The van der Waals surface area contributed by atoms with Crippen LogP contribution in [0, 0.1) is 0 Å². The fraction of sp³-hybridized carbons (Fsp3) is 0.529. The molecule has 0 bridgehead atoms. The fourth-order valence-electron chi connectivity index (χ4n) is 1.80. The molecule has 2 unspecified atom stereocenters. The lowest BCUT2D eigenvalue weighted by Crippen LogP contribution is -2.44. The number of hydrogen-bond acceptors (Lipinski definition) is 3. The molecule has 0 aliphatic heterocycles. The van der Waals surface area contributed by atoms with E-state index in [-0.39, 0.29) is 11.9 Å².